The standard InChI is InChI=1S/C23H26N2O5/c1-24-8-10-25(11-9-24)14-17-18(26)6-5-16-22(27)21(30-23(16)17)13-15-4-7-19(28-2)20(12-15)29-3/h4-7,12-13,26H,8-11,14H2,1-3H3/p+2/b21-13-. The van der Waals surface area contributed by atoms with Gasteiger partial charge in [0, 0.05) is 0 Å². The van der Waals surface area contributed by atoms with Crippen molar-refractivity contribution >= 4 is 11.9 Å². The van der Waals surface area contributed by atoms with Crippen LogP contribution in [-0.2, 0) is 6.54 Å². The number of hydrogen-bond donors (Lipinski definition) is 3. The van der Waals surface area contributed by atoms with Crippen LogP contribution in [-0.4, -0.2) is 58.3 Å². The molecule has 7 heteroatoms. The summed E-state index contributed by atoms with van der Waals surface area (Å²) in [5, 5.41) is 10.5. The summed E-state index contributed by atoms with van der Waals surface area (Å²) in [6.45, 7) is 4.87. The third-order valence-electron chi connectivity index (χ3n) is 5.86. The molecule has 0 atom stereocenters. The normalized spacial score (nSPS) is 22.0. The zero-order valence-electron chi connectivity index (χ0n) is 17.6. The van der Waals surface area contributed by atoms with Crippen molar-refractivity contribution in [3.8, 4) is 23.0 Å². The maximum absolute atomic E-state index is 12.9. The molecule has 0 aromatic heterocycles. The van der Waals surface area contributed by atoms with Gasteiger partial charge >= 0.3 is 0 Å². The van der Waals surface area contributed by atoms with Gasteiger partial charge in [-0.2, -0.15) is 0 Å². The fourth-order valence-electron chi connectivity index (χ4n) is 4.02. The molecule has 0 aliphatic carbocycles. The molecule has 0 bridgehead atoms. The molecule has 0 radical (unpaired) electrons. The smallest absolute Gasteiger partial charge is 0.231 e. The van der Waals surface area contributed by atoms with E-state index in [9.17, 15) is 9.90 Å². The van der Waals surface area contributed by atoms with Crippen LogP contribution in [0.4, 0.5) is 0 Å². The summed E-state index contributed by atoms with van der Waals surface area (Å²) in [5.41, 5.74) is 1.96. The number of ether oxygens (including phenoxy) is 3. The summed E-state index contributed by atoms with van der Waals surface area (Å²) < 4.78 is 16.6. The molecule has 1 saturated heterocycles. The summed E-state index contributed by atoms with van der Waals surface area (Å²) in [6, 6.07) is 8.64. The number of phenols is 1. The molecule has 0 saturated carbocycles. The second-order valence-electron chi connectivity index (χ2n) is 7.88. The number of fused-ring (bicyclic) bond motifs is 1. The van der Waals surface area contributed by atoms with Crippen molar-refractivity contribution < 1.29 is 33.9 Å². The van der Waals surface area contributed by atoms with Crippen LogP contribution in [0.1, 0.15) is 21.5 Å². The number of quaternary nitrogens is 2. The first kappa shape index (κ1) is 20.3. The van der Waals surface area contributed by atoms with Gasteiger partial charge in [0.15, 0.2) is 23.0 Å². The van der Waals surface area contributed by atoms with E-state index in [1.807, 2.05) is 6.07 Å². The maximum Gasteiger partial charge on any atom is 0.231 e. The third-order valence-corrected chi connectivity index (χ3v) is 5.86. The number of carbonyl (C=O) groups excluding carboxylic acids is 1. The number of likely N-dealkylation sites (N-methyl/N-ethyl adjacent to an activating group) is 1. The topological polar surface area (TPSA) is 73.9 Å². The van der Waals surface area contributed by atoms with Gasteiger partial charge in [-0.1, -0.05) is 6.07 Å². The Labute approximate surface area is 176 Å². The second-order valence-corrected chi connectivity index (χ2v) is 7.88. The number of hydrogen-bond acceptors (Lipinski definition) is 5. The first-order chi connectivity index (χ1) is 14.5. The highest BCUT2D eigenvalue weighted by molar-refractivity contribution is 6.15. The van der Waals surface area contributed by atoms with Gasteiger partial charge in [0.2, 0.25) is 5.78 Å². The van der Waals surface area contributed by atoms with Crippen LogP contribution in [0.5, 0.6) is 23.0 Å². The lowest BCUT2D eigenvalue weighted by Gasteiger charge is -2.27. The minimum atomic E-state index is -0.182. The number of phenolic OH excluding ortho intramolecular Hbond substituents is 1. The van der Waals surface area contributed by atoms with E-state index in [1.165, 1.54) is 9.80 Å². The Hall–Kier alpha value is -3.03. The van der Waals surface area contributed by atoms with E-state index in [2.05, 4.69) is 7.05 Å². The van der Waals surface area contributed by atoms with Crippen molar-refractivity contribution in [2.45, 2.75) is 6.54 Å². The number of nitrogens with one attached hydrogen (secondary N) is 2. The van der Waals surface area contributed by atoms with Crippen LogP contribution in [0.15, 0.2) is 36.1 Å². The molecule has 30 heavy (non-hydrogen) atoms. The van der Waals surface area contributed by atoms with Crippen LogP contribution < -0.4 is 24.0 Å². The van der Waals surface area contributed by atoms with Gasteiger partial charge in [0.1, 0.15) is 38.5 Å². The molecule has 3 N–H and O–H groups in total. The summed E-state index contributed by atoms with van der Waals surface area (Å²) in [4.78, 5) is 15.8. The molecule has 2 aliphatic rings. The Morgan fingerprint density at radius 2 is 1.80 bits per heavy atom. The van der Waals surface area contributed by atoms with E-state index < -0.39 is 0 Å². The molecule has 0 amide bonds. The summed E-state index contributed by atoms with van der Waals surface area (Å²) in [7, 11) is 5.34. The number of piperazine rings is 1. The highest BCUT2D eigenvalue weighted by Gasteiger charge is 2.33. The van der Waals surface area contributed by atoms with Crippen LogP contribution in [0.2, 0.25) is 0 Å². The van der Waals surface area contributed by atoms with Crippen LogP contribution in [0.3, 0.4) is 0 Å². The second kappa shape index (κ2) is 8.38. The number of aromatic hydroxyl groups is 1. The summed E-state index contributed by atoms with van der Waals surface area (Å²) in [6.07, 6.45) is 1.69. The zero-order valence-corrected chi connectivity index (χ0v) is 17.6. The van der Waals surface area contributed by atoms with E-state index in [0.29, 0.717) is 34.9 Å². The number of benzene rings is 2. The number of methoxy groups -OCH3 is 2. The van der Waals surface area contributed by atoms with E-state index in [-0.39, 0.29) is 17.3 Å². The molecule has 0 spiro atoms. The SMILES string of the molecule is COc1ccc(/C=C2\Oc3c(ccc(O)c3C[NH+]3CC[NH+](C)CC3)C2=O)cc1OC. The first-order valence-corrected chi connectivity index (χ1v) is 10.2. The molecule has 2 aromatic rings. The molecule has 0 unspecified atom stereocenters. The highest BCUT2D eigenvalue weighted by atomic mass is 16.5. The third kappa shape index (κ3) is 3.86. The van der Waals surface area contributed by atoms with Crippen LogP contribution in [0.25, 0.3) is 6.08 Å². The molecule has 158 valence electrons. The molecular weight excluding hydrogens is 384 g/mol. The minimum absolute atomic E-state index is 0.174. The van der Waals surface area contributed by atoms with Crippen molar-refractivity contribution in [2.24, 2.45) is 0 Å². The van der Waals surface area contributed by atoms with Gasteiger partial charge in [-0.3, -0.25) is 4.79 Å². The van der Waals surface area contributed by atoms with E-state index in [0.717, 1.165) is 31.7 Å². The number of Topliss-reactive ketones (excluding diaryl/α,β-unsaturated/α-hetero) is 1. The van der Waals surface area contributed by atoms with Crippen molar-refractivity contribution in [1.29, 1.82) is 0 Å². The molecule has 7 nitrogen and oxygen atoms in total. The molecule has 2 aromatic carbocycles. The van der Waals surface area contributed by atoms with Crippen LogP contribution in [0, 0.1) is 0 Å². The molecule has 4 rings (SSSR count). The Kier molecular flexibility index (Phi) is 5.65. The van der Waals surface area contributed by atoms with Gasteiger partial charge in [-0.05, 0) is 35.9 Å². The largest absolute Gasteiger partial charge is 0.507 e. The Bertz CT molecular complexity index is 993. The van der Waals surface area contributed by atoms with Crippen molar-refractivity contribution in [3.05, 3.63) is 52.8 Å². The van der Waals surface area contributed by atoms with Crippen LogP contribution >= 0.6 is 0 Å². The average molecular weight is 412 g/mol. The highest BCUT2D eigenvalue weighted by Crippen LogP contribution is 2.39. The predicted molar refractivity (Wildman–Crippen MR) is 112 cm³/mol. The lowest BCUT2D eigenvalue weighted by molar-refractivity contribution is -1.01. The fourth-order valence-corrected chi connectivity index (χ4v) is 4.02. The van der Waals surface area contributed by atoms with Crippen molar-refractivity contribution in [3.63, 3.8) is 0 Å². The number of rotatable bonds is 5. The van der Waals surface area contributed by atoms with E-state index in [1.54, 1.807) is 44.6 Å². The molecule has 2 heterocycles. The molecule has 2 aliphatic heterocycles. The van der Waals surface area contributed by atoms with Gasteiger partial charge in [0.05, 0.1) is 32.4 Å². The molecular formula is C23H28N2O5+2. The van der Waals surface area contributed by atoms with Gasteiger partial charge < -0.3 is 29.1 Å². The number of allylic oxidation sites excluding steroid dienone is 1. The fraction of sp³-hybridized carbons (Fsp3) is 0.348. The quantitative estimate of drug-likeness (QED) is 0.600. The van der Waals surface area contributed by atoms with Gasteiger partial charge in [-0.15, -0.1) is 0 Å². The monoisotopic (exact) mass is 412 g/mol. The maximum atomic E-state index is 12.9. The summed E-state index contributed by atoms with van der Waals surface area (Å²) >= 11 is 0. The average Bonchev–Trinajstić information content (AvgIpc) is 3.07. The van der Waals surface area contributed by atoms with E-state index in [4.69, 9.17) is 14.2 Å². The lowest BCUT2D eigenvalue weighted by atomic mass is 10.0. The minimum Gasteiger partial charge on any atom is -0.507 e. The first-order valence-electron chi connectivity index (χ1n) is 10.2. The Morgan fingerprint density at radius 1 is 1.07 bits per heavy atom. The summed E-state index contributed by atoms with van der Waals surface area (Å²) in [5.74, 6) is 1.90. The predicted octanol–water partition coefficient (Wildman–Crippen LogP) is -0.0612. The van der Waals surface area contributed by atoms with Gasteiger partial charge in [0.25, 0.3) is 0 Å². The zero-order chi connectivity index (χ0) is 21.3. The van der Waals surface area contributed by atoms with Crippen molar-refractivity contribution in [1.82, 2.24) is 0 Å². The Morgan fingerprint density at radius 3 is 2.50 bits per heavy atom. The lowest BCUT2D eigenvalue weighted by Crippen LogP contribution is -3.26. The Balaban J connectivity index is 1.62. The van der Waals surface area contributed by atoms with Gasteiger partial charge in [-0.25, -0.2) is 0 Å². The molecule has 1 fully saturated rings. The van der Waals surface area contributed by atoms with Crippen molar-refractivity contribution in [2.75, 3.05) is 47.4 Å². The number of ketones is 1. The van der Waals surface area contributed by atoms with E-state index >= 15 is 0 Å². The number of carbonyl (C=O) groups is 1.